The highest BCUT2D eigenvalue weighted by Crippen LogP contribution is 2.28. The van der Waals surface area contributed by atoms with Crippen molar-refractivity contribution in [3.8, 4) is 0 Å². The Kier molecular flexibility index (Phi) is 6.45. The minimum absolute atomic E-state index is 0.0275. The Balaban J connectivity index is 1.52. The highest BCUT2D eigenvalue weighted by Gasteiger charge is 2.25. The number of hydrogen-bond acceptors (Lipinski definition) is 4. The molecule has 1 aliphatic heterocycles. The van der Waals surface area contributed by atoms with Crippen LogP contribution in [-0.2, 0) is 9.59 Å². The zero-order chi connectivity index (χ0) is 15.1. The molecule has 0 aromatic carbocycles. The third-order valence-electron chi connectivity index (χ3n) is 4.57. The molecule has 2 fully saturated rings. The molecule has 1 saturated carbocycles. The molecule has 21 heavy (non-hydrogen) atoms. The molecular formula is C15H27N3O3. The van der Waals surface area contributed by atoms with Gasteiger partial charge in [0, 0.05) is 32.0 Å². The molecule has 120 valence electrons. The molecule has 1 aliphatic carbocycles. The topological polar surface area (TPSA) is 90.5 Å². The van der Waals surface area contributed by atoms with Crippen LogP contribution in [0.15, 0.2) is 0 Å². The summed E-state index contributed by atoms with van der Waals surface area (Å²) in [6, 6.07) is 0. The molecular weight excluding hydrogens is 270 g/mol. The van der Waals surface area contributed by atoms with Gasteiger partial charge in [-0.3, -0.25) is 9.59 Å². The first kappa shape index (κ1) is 16.2. The van der Waals surface area contributed by atoms with Crippen molar-refractivity contribution in [1.82, 2.24) is 16.0 Å². The van der Waals surface area contributed by atoms with Gasteiger partial charge in [-0.1, -0.05) is 25.7 Å². The highest BCUT2D eigenvalue weighted by atomic mass is 16.3. The Bertz CT molecular complexity index is 356. The van der Waals surface area contributed by atoms with Gasteiger partial charge in [0.2, 0.25) is 11.8 Å². The van der Waals surface area contributed by atoms with E-state index in [1.54, 1.807) is 0 Å². The fourth-order valence-corrected chi connectivity index (χ4v) is 3.14. The number of nitrogens with one attached hydrogen (secondary N) is 3. The van der Waals surface area contributed by atoms with E-state index in [1.165, 1.54) is 25.7 Å². The average molecular weight is 297 g/mol. The number of β-amino-alcohol motifs (C(OH)–C–C–N with tert-alkyl or cyclic N) is 1. The maximum Gasteiger partial charge on any atom is 0.239 e. The first-order valence-electron chi connectivity index (χ1n) is 8.07. The van der Waals surface area contributed by atoms with E-state index in [2.05, 4.69) is 16.0 Å². The van der Waals surface area contributed by atoms with Crippen LogP contribution < -0.4 is 16.0 Å². The second kappa shape index (κ2) is 8.34. The fraction of sp³-hybridized carbons (Fsp3) is 0.867. The van der Waals surface area contributed by atoms with Gasteiger partial charge in [0.15, 0.2) is 0 Å². The lowest BCUT2D eigenvalue weighted by Crippen LogP contribution is -2.40. The number of hydrogen-bond donors (Lipinski definition) is 4. The molecule has 2 atom stereocenters. The van der Waals surface area contributed by atoms with Gasteiger partial charge >= 0.3 is 0 Å². The molecule has 0 spiro atoms. The minimum Gasteiger partial charge on any atom is -0.391 e. The first-order valence-corrected chi connectivity index (χ1v) is 8.07. The van der Waals surface area contributed by atoms with Crippen LogP contribution in [0.2, 0.25) is 0 Å². The van der Waals surface area contributed by atoms with Crippen molar-refractivity contribution < 1.29 is 14.7 Å². The van der Waals surface area contributed by atoms with E-state index in [9.17, 15) is 14.7 Å². The minimum atomic E-state index is -0.397. The van der Waals surface area contributed by atoms with Crippen molar-refractivity contribution >= 4 is 11.8 Å². The van der Waals surface area contributed by atoms with Crippen LogP contribution in [0.25, 0.3) is 0 Å². The zero-order valence-electron chi connectivity index (χ0n) is 12.6. The normalized spacial score (nSPS) is 26.0. The zero-order valence-corrected chi connectivity index (χ0v) is 12.6. The Morgan fingerprint density at radius 1 is 1.10 bits per heavy atom. The first-order chi connectivity index (χ1) is 10.1. The summed E-state index contributed by atoms with van der Waals surface area (Å²) in [5.74, 6) is 0.524. The van der Waals surface area contributed by atoms with Gasteiger partial charge in [0.1, 0.15) is 0 Å². The molecule has 2 unspecified atom stereocenters. The van der Waals surface area contributed by atoms with Crippen molar-refractivity contribution in [2.24, 2.45) is 11.8 Å². The maximum absolute atomic E-state index is 11.7. The monoisotopic (exact) mass is 297 g/mol. The summed E-state index contributed by atoms with van der Waals surface area (Å²) in [6.07, 6.45) is 6.12. The summed E-state index contributed by atoms with van der Waals surface area (Å²) in [6.45, 7) is 1.78. The summed E-state index contributed by atoms with van der Waals surface area (Å²) >= 11 is 0. The summed E-state index contributed by atoms with van der Waals surface area (Å²) < 4.78 is 0. The van der Waals surface area contributed by atoms with Crippen molar-refractivity contribution in [1.29, 1.82) is 0 Å². The molecule has 2 aliphatic rings. The number of carbonyl (C=O) groups excluding carboxylic acids is 2. The summed E-state index contributed by atoms with van der Waals surface area (Å²) in [5.41, 5.74) is 0. The van der Waals surface area contributed by atoms with Crippen LogP contribution in [0.5, 0.6) is 0 Å². The van der Waals surface area contributed by atoms with E-state index in [0.717, 1.165) is 13.0 Å². The van der Waals surface area contributed by atoms with E-state index in [-0.39, 0.29) is 24.3 Å². The second-order valence-corrected chi connectivity index (χ2v) is 6.26. The van der Waals surface area contributed by atoms with E-state index < -0.39 is 6.10 Å². The van der Waals surface area contributed by atoms with Crippen LogP contribution in [0.4, 0.5) is 0 Å². The van der Waals surface area contributed by atoms with E-state index in [0.29, 0.717) is 25.4 Å². The lowest BCUT2D eigenvalue weighted by Gasteiger charge is -2.14. The van der Waals surface area contributed by atoms with Crippen LogP contribution in [0.3, 0.4) is 0 Å². The summed E-state index contributed by atoms with van der Waals surface area (Å²) in [7, 11) is 0. The van der Waals surface area contributed by atoms with E-state index >= 15 is 0 Å². The molecule has 0 radical (unpaired) electrons. The quantitative estimate of drug-likeness (QED) is 0.522. The number of aliphatic hydroxyl groups is 1. The lowest BCUT2D eigenvalue weighted by atomic mass is 10.0. The molecule has 0 aromatic heterocycles. The van der Waals surface area contributed by atoms with E-state index in [1.807, 2.05) is 0 Å². The van der Waals surface area contributed by atoms with Crippen molar-refractivity contribution in [3.63, 3.8) is 0 Å². The van der Waals surface area contributed by atoms with Gasteiger partial charge in [-0.2, -0.15) is 0 Å². The third-order valence-corrected chi connectivity index (χ3v) is 4.57. The molecule has 0 aromatic rings. The Hall–Kier alpha value is -1.14. The van der Waals surface area contributed by atoms with Gasteiger partial charge in [-0.25, -0.2) is 0 Å². The summed E-state index contributed by atoms with van der Waals surface area (Å²) in [5, 5.41) is 18.1. The van der Waals surface area contributed by atoms with Gasteiger partial charge in [-0.05, 0) is 12.3 Å². The molecule has 1 heterocycles. The number of rotatable bonds is 7. The average Bonchev–Trinajstić information content (AvgIpc) is 3.12. The number of aliphatic hydroxyl groups excluding tert-OH is 1. The molecule has 0 bridgehead atoms. The van der Waals surface area contributed by atoms with Crippen LogP contribution in [-0.4, -0.2) is 49.2 Å². The smallest absolute Gasteiger partial charge is 0.239 e. The molecule has 2 amide bonds. The standard InChI is InChI=1S/C15H27N3O3/c19-13-9-16-7-12(13)8-17-15(21)10-18-14(20)6-5-11-3-1-2-4-11/h11-13,16,19H,1-10H2,(H,17,21)(H,18,20). The second-order valence-electron chi connectivity index (χ2n) is 6.26. The van der Waals surface area contributed by atoms with Crippen LogP contribution in [0.1, 0.15) is 38.5 Å². The number of amides is 2. The van der Waals surface area contributed by atoms with Crippen molar-refractivity contribution in [2.75, 3.05) is 26.2 Å². The van der Waals surface area contributed by atoms with Crippen LogP contribution >= 0.6 is 0 Å². The number of carbonyl (C=O) groups is 2. The Labute approximate surface area is 126 Å². The van der Waals surface area contributed by atoms with Crippen molar-refractivity contribution in [3.05, 3.63) is 0 Å². The Morgan fingerprint density at radius 2 is 1.86 bits per heavy atom. The van der Waals surface area contributed by atoms with Gasteiger partial charge in [-0.15, -0.1) is 0 Å². The highest BCUT2D eigenvalue weighted by molar-refractivity contribution is 5.84. The van der Waals surface area contributed by atoms with Gasteiger partial charge in [0.25, 0.3) is 0 Å². The molecule has 6 heteroatoms. The lowest BCUT2D eigenvalue weighted by molar-refractivity contribution is -0.126. The predicted octanol–water partition coefficient (Wildman–Crippen LogP) is -0.230. The summed E-state index contributed by atoms with van der Waals surface area (Å²) in [4.78, 5) is 23.3. The molecule has 1 saturated heterocycles. The molecule has 2 rings (SSSR count). The van der Waals surface area contributed by atoms with Crippen LogP contribution in [0, 0.1) is 11.8 Å². The van der Waals surface area contributed by atoms with Gasteiger partial charge in [0.05, 0.1) is 12.6 Å². The van der Waals surface area contributed by atoms with Gasteiger partial charge < -0.3 is 21.1 Å². The van der Waals surface area contributed by atoms with Crippen molar-refractivity contribution in [2.45, 2.75) is 44.6 Å². The predicted molar refractivity (Wildman–Crippen MR) is 79.6 cm³/mol. The SMILES string of the molecule is O=C(CCC1CCCC1)NCC(=O)NCC1CNCC1O. The van der Waals surface area contributed by atoms with E-state index in [4.69, 9.17) is 0 Å². The largest absolute Gasteiger partial charge is 0.391 e. The third kappa shape index (κ3) is 5.63. The molecule has 4 N–H and O–H groups in total. The maximum atomic E-state index is 11.7. The molecule has 6 nitrogen and oxygen atoms in total. The Morgan fingerprint density at radius 3 is 2.52 bits per heavy atom. The fourth-order valence-electron chi connectivity index (χ4n) is 3.14.